The van der Waals surface area contributed by atoms with Crippen LogP contribution in [-0.2, 0) is 19.3 Å². The van der Waals surface area contributed by atoms with Gasteiger partial charge in [-0.3, -0.25) is 4.79 Å². The van der Waals surface area contributed by atoms with Gasteiger partial charge in [-0.1, -0.05) is 0 Å². The van der Waals surface area contributed by atoms with Gasteiger partial charge in [0, 0.05) is 13.3 Å². The van der Waals surface area contributed by atoms with Crippen LogP contribution < -0.4 is 0 Å². The van der Waals surface area contributed by atoms with Gasteiger partial charge in [-0.15, -0.1) is 0 Å². The highest BCUT2D eigenvalue weighted by Gasteiger charge is 1.91. The standard InChI is InChI=1S/C6H12O4/c1-6(7)9-4-3-5-10-8-2/h3-5H2,1-2H3. The summed E-state index contributed by atoms with van der Waals surface area (Å²) in [6.45, 7) is 2.21. The topological polar surface area (TPSA) is 44.8 Å². The van der Waals surface area contributed by atoms with Crippen LogP contribution in [0.5, 0.6) is 0 Å². The molecule has 0 unspecified atom stereocenters. The summed E-state index contributed by atoms with van der Waals surface area (Å²) in [4.78, 5) is 19.0. The van der Waals surface area contributed by atoms with Crippen LogP contribution in [0.3, 0.4) is 0 Å². The number of hydrogen-bond donors (Lipinski definition) is 0. The van der Waals surface area contributed by atoms with Crippen molar-refractivity contribution in [1.82, 2.24) is 0 Å². The molecule has 0 fully saturated rings. The Hall–Kier alpha value is -0.610. The first-order valence-corrected chi connectivity index (χ1v) is 3.06. The molecule has 0 amide bonds. The van der Waals surface area contributed by atoms with E-state index in [1.165, 1.54) is 14.0 Å². The maximum atomic E-state index is 10.2. The predicted molar refractivity (Wildman–Crippen MR) is 34.2 cm³/mol. The summed E-state index contributed by atoms with van der Waals surface area (Å²) in [5.74, 6) is -0.266. The van der Waals surface area contributed by atoms with Gasteiger partial charge in [-0.25, -0.2) is 9.78 Å². The fourth-order valence-corrected chi connectivity index (χ4v) is 0.417. The lowest BCUT2D eigenvalue weighted by molar-refractivity contribution is -0.273. The van der Waals surface area contributed by atoms with E-state index in [-0.39, 0.29) is 5.97 Å². The van der Waals surface area contributed by atoms with E-state index >= 15 is 0 Å². The number of carbonyl (C=O) groups is 1. The maximum absolute atomic E-state index is 10.2. The van der Waals surface area contributed by atoms with E-state index < -0.39 is 0 Å². The van der Waals surface area contributed by atoms with Crippen molar-refractivity contribution >= 4 is 5.97 Å². The fourth-order valence-electron chi connectivity index (χ4n) is 0.417. The molecule has 0 bridgehead atoms. The molecule has 4 heteroatoms. The van der Waals surface area contributed by atoms with Gasteiger partial charge >= 0.3 is 5.97 Å². The molecule has 0 saturated carbocycles. The molecule has 0 heterocycles. The van der Waals surface area contributed by atoms with Crippen molar-refractivity contribution in [2.45, 2.75) is 13.3 Å². The lowest BCUT2D eigenvalue weighted by atomic mass is 10.5. The van der Waals surface area contributed by atoms with Gasteiger partial charge in [-0.05, 0) is 0 Å². The smallest absolute Gasteiger partial charge is 0.302 e. The van der Waals surface area contributed by atoms with Crippen LogP contribution >= 0.6 is 0 Å². The maximum Gasteiger partial charge on any atom is 0.302 e. The Bertz CT molecular complexity index is 91.7. The zero-order chi connectivity index (χ0) is 7.82. The highest BCUT2D eigenvalue weighted by molar-refractivity contribution is 5.65. The summed E-state index contributed by atoms with van der Waals surface area (Å²) in [5, 5.41) is 0. The van der Waals surface area contributed by atoms with Crippen molar-refractivity contribution in [3.63, 3.8) is 0 Å². The predicted octanol–water partition coefficient (Wildman–Crippen LogP) is 0.518. The van der Waals surface area contributed by atoms with E-state index in [0.717, 1.165) is 0 Å². The highest BCUT2D eigenvalue weighted by atomic mass is 17.2. The first-order valence-electron chi connectivity index (χ1n) is 3.06. The first kappa shape index (κ1) is 9.39. The van der Waals surface area contributed by atoms with Crippen molar-refractivity contribution in [3.05, 3.63) is 0 Å². The van der Waals surface area contributed by atoms with Crippen molar-refractivity contribution in [3.8, 4) is 0 Å². The van der Waals surface area contributed by atoms with Gasteiger partial charge in [0.15, 0.2) is 0 Å². The molecule has 0 aromatic heterocycles. The third-order valence-corrected chi connectivity index (χ3v) is 0.795. The normalized spacial score (nSPS) is 9.40. The third kappa shape index (κ3) is 7.39. The second-order valence-electron chi connectivity index (χ2n) is 1.68. The average molecular weight is 148 g/mol. The van der Waals surface area contributed by atoms with Gasteiger partial charge in [0.2, 0.25) is 0 Å². The largest absolute Gasteiger partial charge is 0.466 e. The quantitative estimate of drug-likeness (QED) is 0.247. The first-order chi connectivity index (χ1) is 4.77. The fraction of sp³-hybridized carbons (Fsp3) is 0.833. The molecule has 0 aliphatic heterocycles. The van der Waals surface area contributed by atoms with Crippen molar-refractivity contribution in [2.24, 2.45) is 0 Å². The zero-order valence-corrected chi connectivity index (χ0v) is 6.25. The molecule has 0 aliphatic rings. The van der Waals surface area contributed by atoms with E-state index in [9.17, 15) is 4.79 Å². The molecule has 0 radical (unpaired) electrons. The molecule has 0 aromatic rings. The third-order valence-electron chi connectivity index (χ3n) is 0.795. The molecule has 60 valence electrons. The molecule has 0 rings (SSSR count). The molecule has 0 N–H and O–H groups in total. The molecule has 0 aliphatic carbocycles. The Morgan fingerprint density at radius 2 is 2.10 bits per heavy atom. The number of carbonyl (C=O) groups excluding carboxylic acids is 1. The minimum absolute atomic E-state index is 0.266. The Labute approximate surface area is 60.0 Å². The molecule has 0 atom stereocenters. The molecule has 0 aromatic carbocycles. The lowest BCUT2D eigenvalue weighted by Gasteiger charge is -2.00. The van der Waals surface area contributed by atoms with Crippen LogP contribution in [0, 0.1) is 0 Å². The van der Waals surface area contributed by atoms with Gasteiger partial charge < -0.3 is 4.74 Å². The molecule has 0 saturated heterocycles. The van der Waals surface area contributed by atoms with Crippen molar-refractivity contribution in [1.29, 1.82) is 0 Å². The van der Waals surface area contributed by atoms with Gasteiger partial charge in [0.25, 0.3) is 0 Å². The van der Waals surface area contributed by atoms with Crippen LogP contribution in [0.2, 0.25) is 0 Å². The van der Waals surface area contributed by atoms with Crippen molar-refractivity contribution < 1.29 is 19.3 Å². The highest BCUT2D eigenvalue weighted by Crippen LogP contribution is 1.84. The van der Waals surface area contributed by atoms with E-state index in [0.29, 0.717) is 19.6 Å². The SMILES string of the molecule is COOCCCOC(C)=O. The molecule has 4 nitrogen and oxygen atoms in total. The van der Waals surface area contributed by atoms with E-state index in [4.69, 9.17) is 0 Å². The summed E-state index contributed by atoms with van der Waals surface area (Å²) in [7, 11) is 1.44. The summed E-state index contributed by atoms with van der Waals surface area (Å²) in [6.07, 6.45) is 0.660. The number of ether oxygens (including phenoxy) is 1. The second-order valence-corrected chi connectivity index (χ2v) is 1.68. The van der Waals surface area contributed by atoms with Crippen molar-refractivity contribution in [2.75, 3.05) is 20.3 Å². The van der Waals surface area contributed by atoms with Crippen LogP contribution in [0.4, 0.5) is 0 Å². The summed E-state index contributed by atoms with van der Waals surface area (Å²) in [5.41, 5.74) is 0. The van der Waals surface area contributed by atoms with E-state index in [1.807, 2.05) is 0 Å². The van der Waals surface area contributed by atoms with Crippen LogP contribution in [0.25, 0.3) is 0 Å². The van der Waals surface area contributed by atoms with Crippen LogP contribution in [0.1, 0.15) is 13.3 Å². The second kappa shape index (κ2) is 6.51. The average Bonchev–Trinajstić information content (AvgIpc) is 1.87. The Morgan fingerprint density at radius 1 is 1.40 bits per heavy atom. The number of hydrogen-bond acceptors (Lipinski definition) is 4. The lowest BCUT2D eigenvalue weighted by Crippen LogP contribution is -2.03. The number of esters is 1. The van der Waals surface area contributed by atoms with E-state index in [1.54, 1.807) is 0 Å². The molecular weight excluding hydrogens is 136 g/mol. The monoisotopic (exact) mass is 148 g/mol. The summed E-state index contributed by atoms with van der Waals surface area (Å²) < 4.78 is 4.61. The van der Waals surface area contributed by atoms with Gasteiger partial charge in [0.05, 0.1) is 20.3 Å². The minimum Gasteiger partial charge on any atom is -0.466 e. The Kier molecular flexibility index (Phi) is 6.11. The van der Waals surface area contributed by atoms with Crippen LogP contribution in [0.15, 0.2) is 0 Å². The number of rotatable bonds is 5. The van der Waals surface area contributed by atoms with Crippen LogP contribution in [-0.4, -0.2) is 26.3 Å². The minimum atomic E-state index is -0.266. The summed E-state index contributed by atoms with van der Waals surface area (Å²) >= 11 is 0. The van der Waals surface area contributed by atoms with Gasteiger partial charge in [-0.2, -0.15) is 0 Å². The molecule has 0 spiro atoms. The molecule has 10 heavy (non-hydrogen) atoms. The van der Waals surface area contributed by atoms with E-state index in [2.05, 4.69) is 14.5 Å². The summed E-state index contributed by atoms with van der Waals surface area (Å²) in [6, 6.07) is 0. The van der Waals surface area contributed by atoms with Gasteiger partial charge in [0.1, 0.15) is 0 Å². The zero-order valence-electron chi connectivity index (χ0n) is 6.25. The Morgan fingerprint density at radius 3 is 2.60 bits per heavy atom. The molecular formula is C6H12O4. The Balaban J connectivity index is 2.84.